The van der Waals surface area contributed by atoms with E-state index in [0.717, 1.165) is 18.6 Å². The molecule has 0 spiro atoms. The Hall–Kier alpha value is -0.0800. The minimum atomic E-state index is 0.653. The van der Waals surface area contributed by atoms with Crippen molar-refractivity contribution in [3.05, 3.63) is 0 Å². The molecule has 0 bridgehead atoms. The molecule has 0 aliphatic carbocycles. The zero-order valence-electron chi connectivity index (χ0n) is 12.3. The van der Waals surface area contributed by atoms with Gasteiger partial charge in [-0.3, -0.25) is 4.90 Å². The number of rotatable bonds is 6. The summed E-state index contributed by atoms with van der Waals surface area (Å²) in [6, 6.07) is 2.16. The van der Waals surface area contributed by atoms with Crippen molar-refractivity contribution < 1.29 is 0 Å². The minimum Gasteiger partial charge on any atom is -0.314 e. The monoisotopic (exact) mass is 240 g/mol. The summed E-state index contributed by atoms with van der Waals surface area (Å²) in [6.07, 6.45) is 8.15. The second-order valence-corrected chi connectivity index (χ2v) is 5.88. The normalized spacial score (nSPS) is 26.5. The van der Waals surface area contributed by atoms with E-state index in [1.54, 1.807) is 0 Å². The fraction of sp³-hybridized carbons (Fsp3) is 1.00. The van der Waals surface area contributed by atoms with Crippen LogP contribution in [0.25, 0.3) is 0 Å². The van der Waals surface area contributed by atoms with Gasteiger partial charge in [0, 0.05) is 18.1 Å². The van der Waals surface area contributed by atoms with Gasteiger partial charge in [0.05, 0.1) is 0 Å². The second-order valence-electron chi connectivity index (χ2n) is 5.88. The number of nitrogens with zero attached hydrogens (tertiary/aromatic N) is 1. The molecule has 0 aromatic rings. The van der Waals surface area contributed by atoms with Gasteiger partial charge in [-0.2, -0.15) is 0 Å². The lowest BCUT2D eigenvalue weighted by molar-refractivity contribution is 0.142. The molecule has 1 heterocycles. The van der Waals surface area contributed by atoms with Crippen LogP contribution in [0.1, 0.15) is 66.2 Å². The maximum Gasteiger partial charge on any atom is 0.00844 e. The maximum absolute atomic E-state index is 3.61. The molecule has 2 heteroatoms. The zero-order valence-corrected chi connectivity index (χ0v) is 12.3. The molecule has 0 aromatic carbocycles. The van der Waals surface area contributed by atoms with Gasteiger partial charge in [0.25, 0.3) is 0 Å². The summed E-state index contributed by atoms with van der Waals surface area (Å²) < 4.78 is 0. The highest BCUT2D eigenvalue weighted by Crippen LogP contribution is 2.20. The van der Waals surface area contributed by atoms with Gasteiger partial charge in [0.15, 0.2) is 0 Å². The van der Waals surface area contributed by atoms with E-state index < -0.39 is 0 Å². The van der Waals surface area contributed by atoms with E-state index >= 15 is 0 Å². The second kappa shape index (κ2) is 8.10. The molecular weight excluding hydrogens is 208 g/mol. The summed E-state index contributed by atoms with van der Waals surface area (Å²) in [6.45, 7) is 11.8. The summed E-state index contributed by atoms with van der Waals surface area (Å²) >= 11 is 0. The lowest BCUT2D eigenvalue weighted by Gasteiger charge is -2.34. The van der Waals surface area contributed by atoms with E-state index in [4.69, 9.17) is 0 Å². The maximum atomic E-state index is 3.61. The molecule has 0 amide bonds. The van der Waals surface area contributed by atoms with Crippen LogP contribution in [0.3, 0.4) is 0 Å². The van der Waals surface area contributed by atoms with Crippen molar-refractivity contribution in [3.8, 4) is 0 Å². The fourth-order valence-corrected chi connectivity index (χ4v) is 3.07. The van der Waals surface area contributed by atoms with Crippen molar-refractivity contribution in [2.75, 3.05) is 13.1 Å². The predicted octanol–water partition coefficient (Wildman–Crippen LogP) is 3.42. The third kappa shape index (κ3) is 5.39. The van der Waals surface area contributed by atoms with Crippen LogP contribution in [-0.2, 0) is 0 Å². The van der Waals surface area contributed by atoms with E-state index in [1.807, 2.05) is 0 Å². The molecule has 102 valence electrons. The van der Waals surface area contributed by atoms with E-state index in [0.29, 0.717) is 6.04 Å². The van der Waals surface area contributed by atoms with Crippen molar-refractivity contribution in [2.24, 2.45) is 0 Å². The third-order valence-corrected chi connectivity index (χ3v) is 4.11. The summed E-state index contributed by atoms with van der Waals surface area (Å²) in [5, 5.41) is 3.61. The number of nitrogens with one attached hydrogen (secondary N) is 1. The molecule has 2 nitrogen and oxygen atoms in total. The molecule has 1 aliphatic rings. The molecule has 1 fully saturated rings. The van der Waals surface area contributed by atoms with Crippen molar-refractivity contribution in [1.29, 1.82) is 0 Å². The SMILES string of the molecule is CCCNC(C)CC(C)N1CCCCCC1C. The van der Waals surface area contributed by atoms with Crippen molar-refractivity contribution in [2.45, 2.75) is 84.3 Å². The van der Waals surface area contributed by atoms with Gasteiger partial charge in [-0.1, -0.05) is 19.8 Å². The van der Waals surface area contributed by atoms with E-state index in [2.05, 4.69) is 37.9 Å². The Morgan fingerprint density at radius 2 is 2.00 bits per heavy atom. The zero-order chi connectivity index (χ0) is 12.7. The van der Waals surface area contributed by atoms with Crippen LogP contribution >= 0.6 is 0 Å². The van der Waals surface area contributed by atoms with Gasteiger partial charge < -0.3 is 5.32 Å². The molecule has 1 rings (SSSR count). The topological polar surface area (TPSA) is 15.3 Å². The summed E-state index contributed by atoms with van der Waals surface area (Å²) in [4.78, 5) is 2.73. The van der Waals surface area contributed by atoms with E-state index in [-0.39, 0.29) is 0 Å². The Kier molecular flexibility index (Phi) is 7.14. The van der Waals surface area contributed by atoms with Crippen molar-refractivity contribution in [3.63, 3.8) is 0 Å². The first-order chi connectivity index (χ1) is 8.15. The summed E-state index contributed by atoms with van der Waals surface area (Å²) in [5.41, 5.74) is 0. The first-order valence-electron chi connectivity index (χ1n) is 7.64. The molecule has 1 N–H and O–H groups in total. The lowest BCUT2D eigenvalue weighted by Crippen LogP contribution is -2.43. The average molecular weight is 240 g/mol. The number of hydrogen-bond acceptors (Lipinski definition) is 2. The van der Waals surface area contributed by atoms with Crippen LogP contribution in [0.4, 0.5) is 0 Å². The molecule has 3 atom stereocenters. The first-order valence-corrected chi connectivity index (χ1v) is 7.64. The molecule has 1 saturated heterocycles. The number of hydrogen-bond donors (Lipinski definition) is 1. The predicted molar refractivity (Wildman–Crippen MR) is 76.5 cm³/mol. The minimum absolute atomic E-state index is 0.653. The van der Waals surface area contributed by atoms with Gasteiger partial charge in [0.1, 0.15) is 0 Å². The lowest BCUT2D eigenvalue weighted by atomic mass is 10.1. The van der Waals surface area contributed by atoms with Gasteiger partial charge in [0.2, 0.25) is 0 Å². The molecule has 0 radical (unpaired) electrons. The van der Waals surface area contributed by atoms with Gasteiger partial charge in [-0.25, -0.2) is 0 Å². The van der Waals surface area contributed by atoms with Crippen molar-refractivity contribution >= 4 is 0 Å². The van der Waals surface area contributed by atoms with Gasteiger partial charge >= 0.3 is 0 Å². The highest BCUT2D eigenvalue weighted by Gasteiger charge is 2.22. The fourth-order valence-electron chi connectivity index (χ4n) is 3.07. The molecule has 3 unspecified atom stereocenters. The smallest absolute Gasteiger partial charge is 0.00844 e. The third-order valence-electron chi connectivity index (χ3n) is 4.11. The Balaban J connectivity index is 2.35. The molecular formula is C15H32N2. The quantitative estimate of drug-likeness (QED) is 0.765. The Bertz CT molecular complexity index is 193. The summed E-state index contributed by atoms with van der Waals surface area (Å²) in [7, 11) is 0. The highest BCUT2D eigenvalue weighted by molar-refractivity contribution is 4.79. The van der Waals surface area contributed by atoms with Crippen LogP contribution < -0.4 is 5.32 Å². The first kappa shape index (κ1) is 15.0. The van der Waals surface area contributed by atoms with Gasteiger partial charge in [-0.15, -0.1) is 0 Å². The largest absolute Gasteiger partial charge is 0.314 e. The molecule has 0 saturated carbocycles. The molecule has 0 aromatic heterocycles. The Morgan fingerprint density at radius 3 is 2.71 bits per heavy atom. The van der Waals surface area contributed by atoms with Crippen LogP contribution in [0.5, 0.6) is 0 Å². The molecule has 17 heavy (non-hydrogen) atoms. The van der Waals surface area contributed by atoms with Crippen molar-refractivity contribution in [1.82, 2.24) is 10.2 Å². The van der Waals surface area contributed by atoms with E-state index in [9.17, 15) is 0 Å². The standard InChI is InChI=1S/C15H32N2/c1-5-10-16-13(2)12-15(4)17-11-8-6-7-9-14(17)3/h13-16H,5-12H2,1-4H3. The average Bonchev–Trinajstić information content (AvgIpc) is 2.51. The van der Waals surface area contributed by atoms with Crippen LogP contribution in [0.2, 0.25) is 0 Å². The summed E-state index contributed by atoms with van der Waals surface area (Å²) in [5.74, 6) is 0. The van der Waals surface area contributed by atoms with Crippen LogP contribution in [0, 0.1) is 0 Å². The van der Waals surface area contributed by atoms with E-state index in [1.165, 1.54) is 45.1 Å². The van der Waals surface area contributed by atoms with Crippen LogP contribution in [-0.4, -0.2) is 36.1 Å². The van der Waals surface area contributed by atoms with Crippen LogP contribution in [0.15, 0.2) is 0 Å². The Labute approximate surface area is 108 Å². The number of likely N-dealkylation sites (tertiary alicyclic amines) is 1. The van der Waals surface area contributed by atoms with Gasteiger partial charge in [-0.05, 0) is 59.5 Å². The Morgan fingerprint density at radius 1 is 1.24 bits per heavy atom. The molecule has 1 aliphatic heterocycles. The highest BCUT2D eigenvalue weighted by atomic mass is 15.2.